The highest BCUT2D eigenvalue weighted by Crippen LogP contribution is 2.26. The number of ether oxygens (including phenoxy) is 2. The van der Waals surface area contributed by atoms with Gasteiger partial charge in [-0.3, -0.25) is 4.79 Å². The summed E-state index contributed by atoms with van der Waals surface area (Å²) in [5.41, 5.74) is -0.583. The molecule has 1 aromatic rings. The summed E-state index contributed by atoms with van der Waals surface area (Å²) in [5.74, 6) is -4.23. The quantitative estimate of drug-likeness (QED) is 0.489. The van der Waals surface area contributed by atoms with Gasteiger partial charge in [-0.05, 0) is 13.0 Å². The minimum Gasteiger partial charge on any atom is -0.505 e. The number of esters is 1. The van der Waals surface area contributed by atoms with Gasteiger partial charge in [-0.2, -0.15) is 0 Å². The van der Waals surface area contributed by atoms with Crippen molar-refractivity contribution < 1.29 is 28.6 Å². The molecule has 92 valence electrons. The second kappa shape index (κ2) is 5.29. The molecule has 0 bridgehead atoms. The molecule has 0 amide bonds. The highest BCUT2D eigenvalue weighted by molar-refractivity contribution is 6.40. The fourth-order valence-electron chi connectivity index (χ4n) is 1.17. The summed E-state index contributed by atoms with van der Waals surface area (Å²) in [7, 11) is 1.28. The highest BCUT2D eigenvalue weighted by atomic mass is 19.1. The summed E-state index contributed by atoms with van der Waals surface area (Å²) < 4.78 is 22.6. The lowest BCUT2D eigenvalue weighted by Gasteiger charge is -2.06. The number of benzene rings is 1. The second-order valence-corrected chi connectivity index (χ2v) is 3.06. The van der Waals surface area contributed by atoms with Gasteiger partial charge in [-0.25, -0.2) is 9.18 Å². The molecule has 0 aliphatic carbocycles. The van der Waals surface area contributed by atoms with Crippen molar-refractivity contribution in [3.8, 4) is 11.5 Å². The summed E-state index contributed by atoms with van der Waals surface area (Å²) in [5, 5.41) is 9.21. The molecule has 1 aromatic carbocycles. The molecule has 1 rings (SSSR count). The van der Waals surface area contributed by atoms with Crippen LogP contribution in [0.1, 0.15) is 17.3 Å². The Kier molecular flexibility index (Phi) is 4.03. The Morgan fingerprint density at radius 1 is 1.41 bits per heavy atom. The maximum atomic E-state index is 13.4. The Morgan fingerprint density at radius 2 is 2.06 bits per heavy atom. The molecule has 1 N–H and O–H groups in total. The summed E-state index contributed by atoms with van der Waals surface area (Å²) in [6, 6.07) is 2.02. The van der Waals surface area contributed by atoms with Crippen LogP contribution < -0.4 is 4.74 Å². The first-order valence-corrected chi connectivity index (χ1v) is 4.79. The zero-order chi connectivity index (χ0) is 13.0. The zero-order valence-corrected chi connectivity index (χ0v) is 9.32. The van der Waals surface area contributed by atoms with E-state index in [-0.39, 0.29) is 12.4 Å². The molecule has 0 saturated carbocycles. The number of carbonyl (C=O) groups excluding carboxylic acids is 2. The van der Waals surface area contributed by atoms with Crippen LogP contribution in [-0.2, 0) is 9.53 Å². The van der Waals surface area contributed by atoms with Crippen LogP contribution in [0.4, 0.5) is 4.39 Å². The van der Waals surface area contributed by atoms with Crippen molar-refractivity contribution in [2.24, 2.45) is 0 Å². The van der Waals surface area contributed by atoms with Gasteiger partial charge in [0.25, 0.3) is 5.78 Å². The molecule has 0 fully saturated rings. The largest absolute Gasteiger partial charge is 0.505 e. The molecule has 0 heterocycles. The van der Waals surface area contributed by atoms with Crippen LogP contribution in [-0.4, -0.2) is 30.6 Å². The molecule has 17 heavy (non-hydrogen) atoms. The normalized spacial score (nSPS) is 9.82. The number of phenols is 1. The summed E-state index contributed by atoms with van der Waals surface area (Å²) in [4.78, 5) is 22.6. The lowest BCUT2D eigenvalue weighted by molar-refractivity contribution is -0.137. The molecule has 0 aliphatic heterocycles. The van der Waals surface area contributed by atoms with Crippen molar-refractivity contribution in [2.45, 2.75) is 6.92 Å². The van der Waals surface area contributed by atoms with Crippen LogP contribution in [0.2, 0.25) is 0 Å². The number of rotatable bonds is 4. The van der Waals surface area contributed by atoms with E-state index >= 15 is 0 Å². The van der Waals surface area contributed by atoms with Gasteiger partial charge in [0.15, 0.2) is 11.6 Å². The molecular weight excluding hydrogens is 231 g/mol. The van der Waals surface area contributed by atoms with Gasteiger partial charge in [0.1, 0.15) is 5.75 Å². The minimum absolute atomic E-state index is 0.00213. The average Bonchev–Trinajstić information content (AvgIpc) is 2.31. The summed E-state index contributed by atoms with van der Waals surface area (Å²) in [6.07, 6.45) is 0. The van der Waals surface area contributed by atoms with Crippen LogP contribution in [0.3, 0.4) is 0 Å². The highest BCUT2D eigenvalue weighted by Gasteiger charge is 2.24. The van der Waals surface area contributed by atoms with Crippen molar-refractivity contribution >= 4 is 11.8 Å². The van der Waals surface area contributed by atoms with Crippen LogP contribution in [0.25, 0.3) is 0 Å². The Balaban J connectivity index is 3.16. The van der Waals surface area contributed by atoms with E-state index in [0.29, 0.717) is 0 Å². The van der Waals surface area contributed by atoms with Crippen molar-refractivity contribution in [2.75, 3.05) is 13.7 Å². The van der Waals surface area contributed by atoms with E-state index in [1.807, 2.05) is 0 Å². The molecule has 6 heteroatoms. The third-order valence-electron chi connectivity index (χ3n) is 1.97. The Morgan fingerprint density at radius 3 is 2.59 bits per heavy atom. The number of carbonyl (C=O) groups is 2. The number of halogens is 1. The third-order valence-corrected chi connectivity index (χ3v) is 1.97. The molecular formula is C11H11FO5. The molecule has 0 unspecified atom stereocenters. The molecule has 0 aliphatic rings. The van der Waals surface area contributed by atoms with Crippen LogP contribution in [0, 0.1) is 5.82 Å². The number of phenolic OH excluding ortho intramolecular Hbond substituents is 1. The molecule has 5 nitrogen and oxygen atoms in total. The van der Waals surface area contributed by atoms with Gasteiger partial charge in [-0.1, -0.05) is 0 Å². The van der Waals surface area contributed by atoms with Crippen molar-refractivity contribution in [1.82, 2.24) is 0 Å². The Bertz CT molecular complexity index is 455. The van der Waals surface area contributed by atoms with E-state index in [9.17, 15) is 19.1 Å². The number of hydrogen-bond acceptors (Lipinski definition) is 5. The number of methoxy groups -OCH3 is 1. The van der Waals surface area contributed by atoms with E-state index in [0.717, 1.165) is 12.1 Å². The van der Waals surface area contributed by atoms with E-state index < -0.39 is 28.9 Å². The summed E-state index contributed by atoms with van der Waals surface area (Å²) in [6.45, 7) is 1.52. The van der Waals surface area contributed by atoms with Crippen molar-refractivity contribution in [1.29, 1.82) is 0 Å². The van der Waals surface area contributed by atoms with Gasteiger partial charge in [0.05, 0.1) is 19.3 Å². The lowest BCUT2D eigenvalue weighted by Crippen LogP contribution is -2.18. The van der Waals surface area contributed by atoms with Crippen LogP contribution in [0.5, 0.6) is 11.5 Å². The van der Waals surface area contributed by atoms with Crippen LogP contribution in [0.15, 0.2) is 12.1 Å². The van der Waals surface area contributed by atoms with Gasteiger partial charge in [-0.15, -0.1) is 0 Å². The van der Waals surface area contributed by atoms with E-state index in [2.05, 4.69) is 4.74 Å². The smallest absolute Gasteiger partial charge is 0.379 e. The van der Waals surface area contributed by atoms with Gasteiger partial charge < -0.3 is 14.6 Å². The molecule has 0 atom stereocenters. The van der Waals surface area contributed by atoms with Crippen molar-refractivity contribution in [3.63, 3.8) is 0 Å². The first kappa shape index (κ1) is 13.0. The molecule has 0 radical (unpaired) electrons. The predicted molar refractivity (Wildman–Crippen MR) is 55.6 cm³/mol. The topological polar surface area (TPSA) is 72.8 Å². The Labute approximate surface area is 96.8 Å². The number of aromatic hydroxyl groups is 1. The maximum absolute atomic E-state index is 13.4. The third kappa shape index (κ3) is 2.72. The van der Waals surface area contributed by atoms with E-state index in [1.165, 1.54) is 14.0 Å². The first-order valence-electron chi connectivity index (χ1n) is 4.79. The van der Waals surface area contributed by atoms with Gasteiger partial charge >= 0.3 is 5.97 Å². The van der Waals surface area contributed by atoms with Crippen molar-refractivity contribution in [3.05, 3.63) is 23.5 Å². The first-order chi connectivity index (χ1) is 8.01. The molecule has 0 aromatic heterocycles. The SMILES string of the molecule is CCOC(=O)C(=O)c1cc(OC)cc(O)c1F. The van der Waals surface area contributed by atoms with Crippen LogP contribution >= 0.6 is 0 Å². The second-order valence-electron chi connectivity index (χ2n) is 3.06. The zero-order valence-electron chi connectivity index (χ0n) is 9.32. The summed E-state index contributed by atoms with van der Waals surface area (Å²) >= 11 is 0. The van der Waals surface area contributed by atoms with Gasteiger partial charge in [0, 0.05) is 6.07 Å². The monoisotopic (exact) mass is 242 g/mol. The van der Waals surface area contributed by atoms with E-state index in [4.69, 9.17) is 4.74 Å². The Hall–Kier alpha value is -2.11. The predicted octanol–water partition coefficient (Wildman–Crippen LogP) is 1.29. The standard InChI is InChI=1S/C11H11FO5/c1-3-17-11(15)10(14)7-4-6(16-2)5-8(13)9(7)12/h4-5,13H,3H2,1-2H3. The maximum Gasteiger partial charge on any atom is 0.379 e. The van der Waals surface area contributed by atoms with Gasteiger partial charge in [0.2, 0.25) is 0 Å². The lowest BCUT2D eigenvalue weighted by atomic mass is 10.1. The number of Topliss-reactive ketones (excluding diaryl/α,β-unsaturated/α-hetero) is 1. The minimum atomic E-state index is -1.18. The number of ketones is 1. The molecule has 0 saturated heterocycles. The average molecular weight is 242 g/mol. The molecule has 0 spiro atoms. The fraction of sp³-hybridized carbons (Fsp3) is 0.273. The number of hydrogen-bond donors (Lipinski definition) is 1. The fourth-order valence-corrected chi connectivity index (χ4v) is 1.17. The van der Waals surface area contributed by atoms with E-state index in [1.54, 1.807) is 0 Å².